The van der Waals surface area contributed by atoms with E-state index in [9.17, 15) is 21.6 Å². The van der Waals surface area contributed by atoms with Crippen LogP contribution in [0.4, 0.5) is 13.2 Å². The fraction of sp³-hybridized carbons (Fsp3) is 0.190. The normalized spacial score (nSPS) is 12.4. The lowest BCUT2D eigenvalue weighted by molar-refractivity contribution is -0.141. The van der Waals surface area contributed by atoms with Crippen LogP contribution in [0.25, 0.3) is 33.7 Å². The van der Waals surface area contributed by atoms with Crippen LogP contribution in [0.15, 0.2) is 59.8 Å². The number of aromatic nitrogens is 4. The molecular formula is C21H17F3N4O2S. The number of hydrogen-bond acceptors (Lipinski definition) is 5. The third-order valence-corrected chi connectivity index (χ3v) is 6.69. The van der Waals surface area contributed by atoms with Gasteiger partial charge in [-0.1, -0.05) is 37.3 Å². The Balaban J connectivity index is 1.95. The molecule has 1 aromatic carbocycles. The van der Waals surface area contributed by atoms with Crippen LogP contribution in [0.5, 0.6) is 0 Å². The maximum absolute atomic E-state index is 13.0. The molecule has 6 nitrogen and oxygen atoms in total. The van der Waals surface area contributed by atoms with Crippen LogP contribution >= 0.6 is 0 Å². The molecule has 4 aromatic rings. The van der Waals surface area contributed by atoms with E-state index in [1.54, 1.807) is 7.05 Å². The van der Waals surface area contributed by atoms with Gasteiger partial charge in [-0.05, 0) is 17.7 Å². The zero-order valence-electron chi connectivity index (χ0n) is 16.6. The summed E-state index contributed by atoms with van der Waals surface area (Å²) in [5, 5.41) is 0. The highest BCUT2D eigenvalue weighted by Gasteiger charge is 2.33. The van der Waals surface area contributed by atoms with Crippen molar-refractivity contribution in [2.45, 2.75) is 18.0 Å². The molecule has 10 heteroatoms. The Morgan fingerprint density at radius 3 is 2.35 bits per heavy atom. The van der Waals surface area contributed by atoms with Crippen molar-refractivity contribution >= 4 is 20.9 Å². The summed E-state index contributed by atoms with van der Waals surface area (Å²) in [6, 6.07) is 11.5. The predicted molar refractivity (Wildman–Crippen MR) is 110 cm³/mol. The topological polar surface area (TPSA) is 77.7 Å². The van der Waals surface area contributed by atoms with E-state index in [1.807, 2.05) is 30.3 Å². The van der Waals surface area contributed by atoms with Gasteiger partial charge in [0.1, 0.15) is 11.4 Å². The summed E-state index contributed by atoms with van der Waals surface area (Å²) in [6.07, 6.45) is -2.02. The zero-order chi connectivity index (χ0) is 22.4. The molecule has 0 atom stereocenters. The SMILES string of the molecule is CCS(=O)(=O)c1cc(-c2ccccc2)cnc1-c1nc2cc(C(F)(F)F)ncc2n1C. The molecule has 0 saturated heterocycles. The second kappa shape index (κ2) is 7.45. The van der Waals surface area contributed by atoms with Gasteiger partial charge < -0.3 is 4.57 Å². The van der Waals surface area contributed by atoms with Crippen LogP contribution in [0.3, 0.4) is 0 Å². The van der Waals surface area contributed by atoms with Gasteiger partial charge in [-0.3, -0.25) is 4.98 Å². The molecule has 0 N–H and O–H groups in total. The Kier molecular flexibility index (Phi) is 5.04. The number of rotatable bonds is 4. The number of halogens is 3. The summed E-state index contributed by atoms with van der Waals surface area (Å²) in [5.41, 5.74) is 0.784. The quantitative estimate of drug-likeness (QED) is 0.461. The molecular weight excluding hydrogens is 429 g/mol. The van der Waals surface area contributed by atoms with E-state index >= 15 is 0 Å². The Hall–Kier alpha value is -3.27. The van der Waals surface area contributed by atoms with Crippen molar-refractivity contribution in [1.29, 1.82) is 0 Å². The van der Waals surface area contributed by atoms with Gasteiger partial charge in [0.15, 0.2) is 15.7 Å². The van der Waals surface area contributed by atoms with E-state index in [4.69, 9.17) is 0 Å². The third kappa shape index (κ3) is 3.78. The maximum Gasteiger partial charge on any atom is 0.433 e. The Morgan fingerprint density at radius 2 is 1.71 bits per heavy atom. The van der Waals surface area contributed by atoms with E-state index < -0.39 is 21.7 Å². The number of nitrogens with zero attached hydrogens (tertiary/aromatic N) is 4. The molecule has 4 rings (SSSR count). The van der Waals surface area contributed by atoms with Crippen LogP contribution in [0.2, 0.25) is 0 Å². The minimum atomic E-state index is -4.61. The zero-order valence-corrected chi connectivity index (χ0v) is 17.4. The predicted octanol–water partition coefficient (Wildman–Crippen LogP) is 4.51. The number of fused-ring (bicyclic) bond motifs is 1. The summed E-state index contributed by atoms with van der Waals surface area (Å²) in [5.74, 6) is -0.0216. The third-order valence-electron chi connectivity index (χ3n) is 4.94. The average molecular weight is 446 g/mol. The number of aryl methyl sites for hydroxylation is 1. The molecule has 0 amide bonds. The molecule has 0 fully saturated rings. The minimum absolute atomic E-state index is 0.0289. The molecule has 0 aliphatic carbocycles. The summed E-state index contributed by atoms with van der Waals surface area (Å²) in [4.78, 5) is 12.1. The van der Waals surface area contributed by atoms with Crippen LogP contribution < -0.4 is 0 Å². The van der Waals surface area contributed by atoms with Gasteiger partial charge in [-0.2, -0.15) is 13.2 Å². The molecule has 0 bridgehead atoms. The molecule has 0 unspecified atom stereocenters. The summed E-state index contributed by atoms with van der Waals surface area (Å²) in [6.45, 7) is 1.52. The fourth-order valence-corrected chi connectivity index (χ4v) is 4.31. The van der Waals surface area contributed by atoms with Gasteiger partial charge >= 0.3 is 6.18 Å². The first kappa shape index (κ1) is 21.0. The Bertz CT molecular complexity index is 1380. The second-order valence-corrected chi connectivity index (χ2v) is 9.14. The molecule has 0 spiro atoms. The van der Waals surface area contributed by atoms with Crippen molar-refractivity contribution in [3.8, 4) is 22.6 Å². The van der Waals surface area contributed by atoms with Crippen molar-refractivity contribution in [2.24, 2.45) is 7.05 Å². The smallest absolute Gasteiger partial charge is 0.324 e. The van der Waals surface area contributed by atoms with Gasteiger partial charge in [0.05, 0.1) is 27.9 Å². The Morgan fingerprint density at radius 1 is 1.00 bits per heavy atom. The van der Waals surface area contributed by atoms with Gasteiger partial charge in [0, 0.05) is 18.8 Å². The first-order valence-corrected chi connectivity index (χ1v) is 11.0. The molecule has 0 aliphatic rings. The van der Waals surface area contributed by atoms with Crippen molar-refractivity contribution in [3.63, 3.8) is 0 Å². The number of hydrogen-bond donors (Lipinski definition) is 0. The molecule has 0 saturated carbocycles. The van der Waals surface area contributed by atoms with Crippen LogP contribution in [-0.2, 0) is 23.1 Å². The molecule has 160 valence electrons. The number of alkyl halides is 3. The van der Waals surface area contributed by atoms with Gasteiger partial charge in [0.25, 0.3) is 0 Å². The number of benzene rings is 1. The average Bonchev–Trinajstić information content (AvgIpc) is 3.09. The van der Waals surface area contributed by atoms with Crippen LogP contribution in [0.1, 0.15) is 12.6 Å². The maximum atomic E-state index is 13.0. The van der Waals surface area contributed by atoms with Gasteiger partial charge in [0.2, 0.25) is 0 Å². The highest BCUT2D eigenvalue weighted by atomic mass is 32.2. The summed E-state index contributed by atoms with van der Waals surface area (Å²) in [7, 11) is -2.13. The van der Waals surface area contributed by atoms with Gasteiger partial charge in [-0.15, -0.1) is 0 Å². The summed E-state index contributed by atoms with van der Waals surface area (Å²) < 4.78 is 66.3. The lowest BCUT2D eigenvalue weighted by Crippen LogP contribution is -2.09. The first-order chi connectivity index (χ1) is 14.6. The summed E-state index contributed by atoms with van der Waals surface area (Å²) >= 11 is 0. The lowest BCUT2D eigenvalue weighted by atomic mass is 10.1. The van der Waals surface area contributed by atoms with E-state index in [-0.39, 0.29) is 27.7 Å². The van der Waals surface area contributed by atoms with E-state index in [1.165, 1.54) is 23.8 Å². The van der Waals surface area contributed by atoms with Crippen LogP contribution in [0, 0.1) is 0 Å². The second-order valence-electron chi connectivity index (χ2n) is 6.89. The first-order valence-electron chi connectivity index (χ1n) is 9.30. The van der Waals surface area contributed by atoms with E-state index in [0.29, 0.717) is 11.1 Å². The van der Waals surface area contributed by atoms with Crippen LogP contribution in [-0.4, -0.2) is 33.7 Å². The van der Waals surface area contributed by atoms with Crippen molar-refractivity contribution in [3.05, 3.63) is 60.6 Å². The van der Waals surface area contributed by atoms with E-state index in [2.05, 4.69) is 15.0 Å². The minimum Gasteiger partial charge on any atom is -0.324 e. The standard InChI is InChI=1S/C21H17F3N4O2S/c1-3-31(29,30)17-9-14(13-7-5-4-6-8-13)11-26-19(17)20-27-15-10-18(21(22,23)24)25-12-16(15)28(20)2/h4-12H,3H2,1-2H3. The van der Waals surface area contributed by atoms with Crippen molar-refractivity contribution in [1.82, 2.24) is 19.5 Å². The number of pyridine rings is 2. The largest absolute Gasteiger partial charge is 0.433 e. The fourth-order valence-electron chi connectivity index (χ4n) is 3.25. The van der Waals surface area contributed by atoms with E-state index in [0.717, 1.165) is 17.8 Å². The highest BCUT2D eigenvalue weighted by Crippen LogP contribution is 2.33. The number of sulfone groups is 1. The van der Waals surface area contributed by atoms with Crippen molar-refractivity contribution < 1.29 is 21.6 Å². The number of imidazole rings is 1. The highest BCUT2D eigenvalue weighted by molar-refractivity contribution is 7.91. The Labute approximate surface area is 176 Å². The molecule has 3 heterocycles. The monoisotopic (exact) mass is 446 g/mol. The van der Waals surface area contributed by atoms with Crippen molar-refractivity contribution in [2.75, 3.05) is 5.75 Å². The molecule has 31 heavy (non-hydrogen) atoms. The molecule has 3 aromatic heterocycles. The lowest BCUT2D eigenvalue weighted by Gasteiger charge is -2.11. The molecule has 0 aliphatic heterocycles. The molecule has 0 radical (unpaired) electrons. The van der Waals surface area contributed by atoms with Gasteiger partial charge in [-0.25, -0.2) is 18.4 Å².